The van der Waals surface area contributed by atoms with Crippen LogP contribution in [-0.2, 0) is 4.74 Å². The van der Waals surface area contributed by atoms with Crippen molar-refractivity contribution >= 4 is 5.69 Å². The topological polar surface area (TPSA) is 30.5 Å². The number of hydrogen-bond donors (Lipinski definition) is 1. The molecule has 0 bridgehead atoms. The fourth-order valence-electron chi connectivity index (χ4n) is 1.98. The van der Waals surface area contributed by atoms with Gasteiger partial charge in [0, 0.05) is 13.2 Å². The molecule has 1 aromatic carbocycles. The van der Waals surface area contributed by atoms with Gasteiger partial charge >= 0.3 is 0 Å². The van der Waals surface area contributed by atoms with Crippen LogP contribution in [0.4, 0.5) is 5.69 Å². The van der Waals surface area contributed by atoms with E-state index >= 15 is 0 Å². The molecule has 1 aliphatic heterocycles. The Hall–Kier alpha value is -1.22. The second kappa shape index (κ2) is 6.50. The molecule has 1 atom stereocenters. The molecule has 17 heavy (non-hydrogen) atoms. The van der Waals surface area contributed by atoms with Crippen LogP contribution in [0.3, 0.4) is 0 Å². The summed E-state index contributed by atoms with van der Waals surface area (Å²) >= 11 is 0. The summed E-state index contributed by atoms with van der Waals surface area (Å²) in [6, 6.07) is 8.09. The minimum Gasteiger partial charge on any atom is -0.491 e. The molecule has 3 heteroatoms. The van der Waals surface area contributed by atoms with E-state index in [1.807, 2.05) is 18.2 Å². The van der Waals surface area contributed by atoms with Crippen LogP contribution in [0.1, 0.15) is 26.2 Å². The summed E-state index contributed by atoms with van der Waals surface area (Å²) in [6.45, 7) is 4.65. The van der Waals surface area contributed by atoms with E-state index in [0.29, 0.717) is 6.10 Å². The molecule has 1 N–H and O–H groups in total. The SMILES string of the molecule is CCCOc1ccccc1NCC1CCCO1. The van der Waals surface area contributed by atoms with E-state index in [4.69, 9.17) is 9.47 Å². The molecule has 0 aromatic heterocycles. The van der Waals surface area contributed by atoms with Gasteiger partial charge in [-0.1, -0.05) is 19.1 Å². The van der Waals surface area contributed by atoms with E-state index in [2.05, 4.69) is 18.3 Å². The molecule has 2 rings (SSSR count). The molecule has 3 nitrogen and oxygen atoms in total. The fraction of sp³-hybridized carbons (Fsp3) is 0.571. The van der Waals surface area contributed by atoms with Gasteiger partial charge in [0.05, 0.1) is 18.4 Å². The Bertz CT molecular complexity index is 335. The van der Waals surface area contributed by atoms with Gasteiger partial charge in [0.15, 0.2) is 0 Å². The van der Waals surface area contributed by atoms with Gasteiger partial charge < -0.3 is 14.8 Å². The highest BCUT2D eigenvalue weighted by Gasteiger charge is 2.15. The number of anilines is 1. The summed E-state index contributed by atoms with van der Waals surface area (Å²) in [7, 11) is 0. The van der Waals surface area contributed by atoms with Crippen molar-refractivity contribution in [2.75, 3.05) is 25.1 Å². The largest absolute Gasteiger partial charge is 0.491 e. The van der Waals surface area contributed by atoms with Crippen LogP contribution < -0.4 is 10.1 Å². The van der Waals surface area contributed by atoms with Crippen molar-refractivity contribution in [1.82, 2.24) is 0 Å². The average molecular weight is 235 g/mol. The molecule has 0 saturated carbocycles. The Labute approximate surface area is 103 Å². The number of hydrogen-bond acceptors (Lipinski definition) is 3. The molecule has 94 valence electrons. The number of rotatable bonds is 6. The monoisotopic (exact) mass is 235 g/mol. The Morgan fingerprint density at radius 3 is 3.06 bits per heavy atom. The van der Waals surface area contributed by atoms with Gasteiger partial charge in [0.1, 0.15) is 5.75 Å². The molecular formula is C14H21NO2. The second-order valence-corrected chi connectivity index (χ2v) is 4.36. The van der Waals surface area contributed by atoms with Crippen molar-refractivity contribution < 1.29 is 9.47 Å². The van der Waals surface area contributed by atoms with Crippen LogP contribution in [0.5, 0.6) is 5.75 Å². The Kier molecular flexibility index (Phi) is 4.68. The first-order chi connectivity index (χ1) is 8.40. The van der Waals surface area contributed by atoms with Crippen LogP contribution in [0, 0.1) is 0 Å². The van der Waals surface area contributed by atoms with E-state index in [0.717, 1.165) is 44.0 Å². The lowest BCUT2D eigenvalue weighted by Gasteiger charge is -2.15. The Morgan fingerprint density at radius 2 is 2.29 bits per heavy atom. The summed E-state index contributed by atoms with van der Waals surface area (Å²) in [6.07, 6.45) is 3.72. The maximum Gasteiger partial charge on any atom is 0.142 e. The van der Waals surface area contributed by atoms with E-state index < -0.39 is 0 Å². The van der Waals surface area contributed by atoms with Crippen LogP contribution >= 0.6 is 0 Å². The summed E-state index contributed by atoms with van der Waals surface area (Å²) in [5.74, 6) is 0.937. The molecule has 1 unspecified atom stereocenters. The number of para-hydroxylation sites is 2. The zero-order valence-corrected chi connectivity index (χ0v) is 10.4. The summed E-state index contributed by atoms with van der Waals surface area (Å²) < 4.78 is 11.3. The number of ether oxygens (including phenoxy) is 2. The van der Waals surface area contributed by atoms with Crippen molar-refractivity contribution in [3.8, 4) is 5.75 Å². The van der Waals surface area contributed by atoms with E-state index in [1.165, 1.54) is 6.42 Å². The van der Waals surface area contributed by atoms with Crippen molar-refractivity contribution in [3.05, 3.63) is 24.3 Å². The smallest absolute Gasteiger partial charge is 0.142 e. The van der Waals surface area contributed by atoms with Crippen molar-refractivity contribution in [3.63, 3.8) is 0 Å². The van der Waals surface area contributed by atoms with Crippen molar-refractivity contribution in [1.29, 1.82) is 0 Å². The molecule has 0 radical (unpaired) electrons. The van der Waals surface area contributed by atoms with Crippen LogP contribution in [0.25, 0.3) is 0 Å². The lowest BCUT2D eigenvalue weighted by Crippen LogP contribution is -2.18. The lowest BCUT2D eigenvalue weighted by molar-refractivity contribution is 0.120. The van der Waals surface area contributed by atoms with E-state index in [1.54, 1.807) is 0 Å². The molecule has 1 heterocycles. The highest BCUT2D eigenvalue weighted by atomic mass is 16.5. The molecule has 0 spiro atoms. The average Bonchev–Trinajstić information content (AvgIpc) is 2.88. The molecule has 0 amide bonds. The summed E-state index contributed by atoms with van der Waals surface area (Å²) in [4.78, 5) is 0. The van der Waals surface area contributed by atoms with Crippen molar-refractivity contribution in [2.24, 2.45) is 0 Å². The molecule has 0 aliphatic carbocycles. The van der Waals surface area contributed by atoms with Gasteiger partial charge in [-0.2, -0.15) is 0 Å². The maximum absolute atomic E-state index is 5.70. The predicted octanol–water partition coefficient (Wildman–Crippen LogP) is 3.07. The standard InChI is InChI=1S/C14H21NO2/c1-2-9-17-14-8-4-3-7-13(14)15-11-12-6-5-10-16-12/h3-4,7-8,12,15H,2,5-6,9-11H2,1H3. The molecule has 1 fully saturated rings. The quantitative estimate of drug-likeness (QED) is 0.822. The second-order valence-electron chi connectivity index (χ2n) is 4.36. The number of nitrogens with one attached hydrogen (secondary N) is 1. The number of benzene rings is 1. The van der Waals surface area contributed by atoms with Gasteiger partial charge in [-0.3, -0.25) is 0 Å². The molecular weight excluding hydrogens is 214 g/mol. The third-order valence-electron chi connectivity index (χ3n) is 2.89. The lowest BCUT2D eigenvalue weighted by atomic mass is 10.2. The fourth-order valence-corrected chi connectivity index (χ4v) is 1.98. The van der Waals surface area contributed by atoms with Crippen molar-refractivity contribution in [2.45, 2.75) is 32.3 Å². The highest BCUT2D eigenvalue weighted by molar-refractivity contribution is 5.56. The molecule has 1 saturated heterocycles. The van der Waals surface area contributed by atoms with Gasteiger partial charge in [-0.15, -0.1) is 0 Å². The first kappa shape index (κ1) is 12.2. The van der Waals surface area contributed by atoms with E-state index in [9.17, 15) is 0 Å². The van der Waals surface area contributed by atoms with Gasteiger partial charge in [-0.05, 0) is 31.4 Å². The zero-order valence-electron chi connectivity index (χ0n) is 10.4. The third kappa shape index (κ3) is 3.63. The first-order valence-corrected chi connectivity index (χ1v) is 6.47. The van der Waals surface area contributed by atoms with Gasteiger partial charge in [0.2, 0.25) is 0 Å². The molecule has 1 aromatic rings. The highest BCUT2D eigenvalue weighted by Crippen LogP contribution is 2.24. The maximum atomic E-state index is 5.70. The normalized spacial score (nSPS) is 19.2. The van der Waals surface area contributed by atoms with Gasteiger partial charge in [-0.25, -0.2) is 0 Å². The van der Waals surface area contributed by atoms with Gasteiger partial charge in [0.25, 0.3) is 0 Å². The minimum absolute atomic E-state index is 0.356. The summed E-state index contributed by atoms with van der Waals surface area (Å²) in [5, 5.41) is 3.41. The van der Waals surface area contributed by atoms with Crippen LogP contribution in [-0.4, -0.2) is 25.9 Å². The molecule has 1 aliphatic rings. The predicted molar refractivity (Wildman–Crippen MR) is 69.7 cm³/mol. The van der Waals surface area contributed by atoms with Crippen LogP contribution in [0.2, 0.25) is 0 Å². The minimum atomic E-state index is 0.356. The van der Waals surface area contributed by atoms with Crippen LogP contribution in [0.15, 0.2) is 24.3 Å². The van der Waals surface area contributed by atoms with E-state index in [-0.39, 0.29) is 0 Å². The zero-order chi connectivity index (χ0) is 11.9. The first-order valence-electron chi connectivity index (χ1n) is 6.47. The summed E-state index contributed by atoms with van der Waals surface area (Å²) in [5.41, 5.74) is 1.07. The Morgan fingerprint density at radius 1 is 1.41 bits per heavy atom. The third-order valence-corrected chi connectivity index (χ3v) is 2.89. The Balaban J connectivity index is 1.89.